The summed E-state index contributed by atoms with van der Waals surface area (Å²) in [5.74, 6) is -0.0198. The lowest BCUT2D eigenvalue weighted by atomic mass is 10.3. The fraction of sp³-hybridized carbons (Fsp3) is 0.158. The Morgan fingerprint density at radius 2 is 1.84 bits per heavy atom. The van der Waals surface area contributed by atoms with Gasteiger partial charge in [-0.05, 0) is 41.4 Å². The molecule has 4 rings (SSSR count). The van der Waals surface area contributed by atoms with E-state index in [4.69, 9.17) is 0 Å². The number of carbonyl (C=O) groups is 1. The minimum Gasteiger partial charge on any atom is -0.332 e. The average Bonchev–Trinajstić information content (AvgIpc) is 3.39. The van der Waals surface area contributed by atoms with Crippen LogP contribution in [0.2, 0.25) is 0 Å². The standard InChI is InChI=1S/C19H17N3OS2/c23-19(17-14-21-9-2-1-7-18(21)20-17)22(13-16-6-4-12-25-16)10-8-15-5-3-11-24-15/h1-7,9,11-12,14H,8,10,13H2. The lowest BCUT2D eigenvalue weighted by Gasteiger charge is -2.21. The highest BCUT2D eigenvalue weighted by atomic mass is 32.1. The molecular weight excluding hydrogens is 350 g/mol. The van der Waals surface area contributed by atoms with Crippen molar-refractivity contribution in [3.8, 4) is 0 Å². The van der Waals surface area contributed by atoms with Crippen LogP contribution in [0.25, 0.3) is 5.65 Å². The molecule has 6 heteroatoms. The maximum atomic E-state index is 13.1. The molecule has 0 aromatic carbocycles. The van der Waals surface area contributed by atoms with Crippen LogP contribution in [0.5, 0.6) is 0 Å². The van der Waals surface area contributed by atoms with Crippen molar-refractivity contribution in [1.29, 1.82) is 0 Å². The van der Waals surface area contributed by atoms with Gasteiger partial charge in [-0.1, -0.05) is 18.2 Å². The van der Waals surface area contributed by atoms with Gasteiger partial charge in [0.05, 0.1) is 6.54 Å². The molecule has 0 spiro atoms. The normalized spacial score (nSPS) is 11.0. The quantitative estimate of drug-likeness (QED) is 0.508. The van der Waals surface area contributed by atoms with Gasteiger partial charge in [-0.2, -0.15) is 0 Å². The number of carbonyl (C=O) groups excluding carboxylic acids is 1. The molecule has 0 aliphatic rings. The second kappa shape index (κ2) is 7.21. The summed E-state index contributed by atoms with van der Waals surface area (Å²) in [6.45, 7) is 1.31. The Kier molecular flexibility index (Phi) is 4.63. The first kappa shape index (κ1) is 16.1. The van der Waals surface area contributed by atoms with Crippen LogP contribution in [0.4, 0.5) is 0 Å². The van der Waals surface area contributed by atoms with E-state index in [0.29, 0.717) is 18.8 Å². The number of hydrogen-bond acceptors (Lipinski definition) is 4. The Hall–Kier alpha value is -2.44. The molecule has 0 aliphatic heterocycles. The molecule has 0 N–H and O–H groups in total. The third kappa shape index (κ3) is 3.65. The lowest BCUT2D eigenvalue weighted by Crippen LogP contribution is -2.32. The number of pyridine rings is 1. The van der Waals surface area contributed by atoms with Gasteiger partial charge in [0.2, 0.25) is 0 Å². The van der Waals surface area contributed by atoms with Crippen LogP contribution in [0.15, 0.2) is 65.6 Å². The fourth-order valence-corrected chi connectivity index (χ4v) is 4.16. The van der Waals surface area contributed by atoms with Gasteiger partial charge in [0.15, 0.2) is 0 Å². The van der Waals surface area contributed by atoms with Crippen molar-refractivity contribution >= 4 is 34.2 Å². The second-order valence-corrected chi connectivity index (χ2v) is 7.79. The van der Waals surface area contributed by atoms with Gasteiger partial charge in [0.1, 0.15) is 11.3 Å². The molecule has 0 unspecified atom stereocenters. The van der Waals surface area contributed by atoms with Crippen molar-refractivity contribution in [3.05, 3.63) is 81.1 Å². The third-order valence-corrected chi connectivity index (χ3v) is 5.80. The Morgan fingerprint density at radius 1 is 1.04 bits per heavy atom. The molecule has 0 aliphatic carbocycles. The molecule has 126 valence electrons. The lowest BCUT2D eigenvalue weighted by molar-refractivity contribution is 0.0742. The van der Waals surface area contributed by atoms with Crippen LogP contribution in [0.3, 0.4) is 0 Å². The fourth-order valence-electron chi connectivity index (χ4n) is 2.74. The predicted molar refractivity (Wildman–Crippen MR) is 102 cm³/mol. The van der Waals surface area contributed by atoms with Gasteiger partial charge >= 0.3 is 0 Å². The zero-order valence-electron chi connectivity index (χ0n) is 13.5. The van der Waals surface area contributed by atoms with E-state index in [1.54, 1.807) is 22.7 Å². The molecule has 0 saturated heterocycles. The molecule has 0 atom stereocenters. The summed E-state index contributed by atoms with van der Waals surface area (Å²) in [6, 6.07) is 14.0. The Bertz CT molecular complexity index is 925. The van der Waals surface area contributed by atoms with Crippen molar-refractivity contribution in [3.63, 3.8) is 0 Å². The molecule has 0 saturated carbocycles. The second-order valence-electron chi connectivity index (χ2n) is 5.73. The molecule has 4 heterocycles. The van der Waals surface area contributed by atoms with E-state index in [0.717, 1.165) is 12.1 Å². The van der Waals surface area contributed by atoms with E-state index >= 15 is 0 Å². The Labute approximate surface area is 154 Å². The zero-order valence-corrected chi connectivity index (χ0v) is 15.2. The van der Waals surface area contributed by atoms with E-state index < -0.39 is 0 Å². The van der Waals surface area contributed by atoms with E-state index in [1.807, 2.05) is 57.4 Å². The van der Waals surface area contributed by atoms with Gasteiger partial charge in [-0.25, -0.2) is 4.98 Å². The number of nitrogens with zero attached hydrogens (tertiary/aromatic N) is 3. The maximum absolute atomic E-state index is 13.1. The topological polar surface area (TPSA) is 37.6 Å². The van der Waals surface area contributed by atoms with E-state index in [1.165, 1.54) is 9.75 Å². The van der Waals surface area contributed by atoms with Crippen LogP contribution in [-0.4, -0.2) is 26.7 Å². The SMILES string of the molecule is O=C(c1cn2ccccc2n1)N(CCc1cccs1)Cc1cccs1. The van der Waals surface area contributed by atoms with Crippen LogP contribution >= 0.6 is 22.7 Å². The molecule has 0 radical (unpaired) electrons. The summed E-state index contributed by atoms with van der Waals surface area (Å²) in [4.78, 5) is 21.9. The van der Waals surface area contributed by atoms with Crippen LogP contribution < -0.4 is 0 Å². The number of aromatic nitrogens is 2. The summed E-state index contributed by atoms with van der Waals surface area (Å²) in [5, 5.41) is 4.12. The van der Waals surface area contributed by atoms with Crippen molar-refractivity contribution < 1.29 is 4.79 Å². The van der Waals surface area contributed by atoms with Crippen LogP contribution in [0.1, 0.15) is 20.2 Å². The zero-order chi connectivity index (χ0) is 17.1. The summed E-state index contributed by atoms with van der Waals surface area (Å²) in [7, 11) is 0. The summed E-state index contributed by atoms with van der Waals surface area (Å²) in [6.07, 6.45) is 4.58. The molecule has 4 nitrogen and oxygen atoms in total. The van der Waals surface area contributed by atoms with E-state index in [-0.39, 0.29) is 5.91 Å². The Morgan fingerprint density at radius 3 is 2.56 bits per heavy atom. The summed E-state index contributed by atoms with van der Waals surface area (Å²) in [5.41, 5.74) is 1.29. The van der Waals surface area contributed by atoms with Gasteiger partial charge < -0.3 is 9.30 Å². The minimum absolute atomic E-state index is 0.0198. The number of fused-ring (bicyclic) bond motifs is 1. The van der Waals surface area contributed by atoms with Gasteiger partial charge in [-0.3, -0.25) is 4.79 Å². The predicted octanol–water partition coefficient (Wildman–Crippen LogP) is 4.34. The molecule has 0 fully saturated rings. The highest BCUT2D eigenvalue weighted by Gasteiger charge is 2.19. The molecular formula is C19H17N3OS2. The maximum Gasteiger partial charge on any atom is 0.274 e. The third-order valence-electron chi connectivity index (χ3n) is 4.01. The first-order chi connectivity index (χ1) is 12.3. The highest BCUT2D eigenvalue weighted by molar-refractivity contribution is 7.10. The van der Waals surface area contributed by atoms with Crippen molar-refractivity contribution in [2.45, 2.75) is 13.0 Å². The average molecular weight is 367 g/mol. The number of thiophene rings is 2. The number of rotatable bonds is 6. The Balaban J connectivity index is 1.57. The summed E-state index contributed by atoms with van der Waals surface area (Å²) < 4.78 is 1.88. The van der Waals surface area contributed by atoms with Gasteiger partial charge in [0, 0.05) is 28.7 Å². The summed E-state index contributed by atoms with van der Waals surface area (Å²) >= 11 is 3.40. The molecule has 4 aromatic rings. The van der Waals surface area contributed by atoms with Gasteiger partial charge in [-0.15, -0.1) is 22.7 Å². The first-order valence-corrected chi connectivity index (χ1v) is 9.83. The molecule has 0 bridgehead atoms. The van der Waals surface area contributed by atoms with Crippen molar-refractivity contribution in [2.75, 3.05) is 6.54 Å². The monoisotopic (exact) mass is 367 g/mol. The molecule has 25 heavy (non-hydrogen) atoms. The largest absolute Gasteiger partial charge is 0.332 e. The van der Waals surface area contributed by atoms with E-state index in [2.05, 4.69) is 22.5 Å². The number of hydrogen-bond donors (Lipinski definition) is 0. The van der Waals surface area contributed by atoms with Crippen molar-refractivity contribution in [2.24, 2.45) is 0 Å². The van der Waals surface area contributed by atoms with Gasteiger partial charge in [0.25, 0.3) is 5.91 Å². The van der Waals surface area contributed by atoms with E-state index in [9.17, 15) is 4.79 Å². The first-order valence-electron chi connectivity index (χ1n) is 8.07. The molecule has 1 amide bonds. The van der Waals surface area contributed by atoms with Crippen LogP contribution in [-0.2, 0) is 13.0 Å². The van der Waals surface area contributed by atoms with Crippen molar-refractivity contribution in [1.82, 2.24) is 14.3 Å². The number of imidazole rings is 1. The van der Waals surface area contributed by atoms with Crippen LogP contribution in [0, 0.1) is 0 Å². The highest BCUT2D eigenvalue weighted by Crippen LogP contribution is 2.17. The molecule has 4 aromatic heterocycles. The number of amides is 1. The smallest absolute Gasteiger partial charge is 0.274 e. The minimum atomic E-state index is -0.0198.